The molecule has 0 saturated heterocycles. The molecule has 0 unspecified atom stereocenters. The second-order valence-corrected chi connectivity index (χ2v) is 7.71. The Morgan fingerprint density at radius 3 is 2.47 bits per heavy atom. The summed E-state index contributed by atoms with van der Waals surface area (Å²) < 4.78 is 10.7. The molecule has 0 aromatic heterocycles. The highest BCUT2D eigenvalue weighted by atomic mass is 16.6. The third-order valence-corrected chi connectivity index (χ3v) is 5.34. The standard InChI is InChI=1S/C27H21N3O6/c1-35-25-15-18(9-14-24(25)36-27(32)20-10-12-22(13-11-20)30(33)34)17-28-29-26(31)16-21-7-4-6-19-5-2-3-8-23(19)21/h2-15,17H,16H2,1H3,(H,29,31). The number of methoxy groups -OCH3 is 1. The minimum Gasteiger partial charge on any atom is -0.493 e. The predicted molar refractivity (Wildman–Crippen MR) is 134 cm³/mol. The van der Waals surface area contributed by atoms with Gasteiger partial charge in [-0.15, -0.1) is 0 Å². The van der Waals surface area contributed by atoms with Gasteiger partial charge in [0, 0.05) is 12.1 Å². The maximum absolute atomic E-state index is 12.4. The zero-order chi connectivity index (χ0) is 25.5. The second-order valence-electron chi connectivity index (χ2n) is 7.71. The number of hydrogen-bond donors (Lipinski definition) is 1. The topological polar surface area (TPSA) is 120 Å². The predicted octanol–water partition coefficient (Wildman–Crippen LogP) is 4.67. The van der Waals surface area contributed by atoms with Crippen molar-refractivity contribution in [3.8, 4) is 11.5 Å². The summed E-state index contributed by atoms with van der Waals surface area (Å²) in [6.07, 6.45) is 1.63. The van der Waals surface area contributed by atoms with Crippen LogP contribution in [0.1, 0.15) is 21.5 Å². The van der Waals surface area contributed by atoms with E-state index in [2.05, 4.69) is 10.5 Å². The van der Waals surface area contributed by atoms with E-state index in [9.17, 15) is 19.7 Å². The summed E-state index contributed by atoms with van der Waals surface area (Å²) in [7, 11) is 1.42. The molecule has 0 aliphatic rings. The van der Waals surface area contributed by atoms with Crippen molar-refractivity contribution in [3.05, 3.63) is 112 Å². The Kier molecular flexibility index (Phi) is 7.30. The number of amides is 1. The molecule has 0 bridgehead atoms. The lowest BCUT2D eigenvalue weighted by Gasteiger charge is -2.10. The average Bonchev–Trinajstić information content (AvgIpc) is 2.89. The van der Waals surface area contributed by atoms with Crippen molar-refractivity contribution < 1.29 is 24.0 Å². The fourth-order valence-corrected chi connectivity index (χ4v) is 3.56. The van der Waals surface area contributed by atoms with E-state index in [4.69, 9.17) is 9.47 Å². The number of esters is 1. The third kappa shape index (κ3) is 5.71. The summed E-state index contributed by atoms with van der Waals surface area (Å²) in [6, 6.07) is 23.5. The maximum atomic E-state index is 12.4. The van der Waals surface area contributed by atoms with Gasteiger partial charge in [-0.1, -0.05) is 42.5 Å². The Morgan fingerprint density at radius 1 is 0.972 bits per heavy atom. The lowest BCUT2D eigenvalue weighted by Crippen LogP contribution is -2.19. The molecular weight excluding hydrogens is 462 g/mol. The van der Waals surface area contributed by atoms with Gasteiger partial charge in [0.25, 0.3) is 5.69 Å². The number of ether oxygens (including phenoxy) is 2. The van der Waals surface area contributed by atoms with Crippen molar-refractivity contribution in [2.75, 3.05) is 7.11 Å². The summed E-state index contributed by atoms with van der Waals surface area (Å²) in [6.45, 7) is 0. The molecule has 0 saturated carbocycles. The van der Waals surface area contributed by atoms with Gasteiger partial charge in [-0.3, -0.25) is 14.9 Å². The smallest absolute Gasteiger partial charge is 0.343 e. The first-order valence-electron chi connectivity index (χ1n) is 10.9. The van der Waals surface area contributed by atoms with Crippen molar-refractivity contribution in [2.45, 2.75) is 6.42 Å². The van der Waals surface area contributed by atoms with E-state index in [0.29, 0.717) is 5.56 Å². The summed E-state index contributed by atoms with van der Waals surface area (Å²) in [5.74, 6) is -0.511. The molecule has 0 radical (unpaired) electrons. The van der Waals surface area contributed by atoms with Crippen LogP contribution < -0.4 is 14.9 Å². The minimum atomic E-state index is -0.690. The molecule has 4 rings (SSSR count). The van der Waals surface area contributed by atoms with Crippen LogP contribution in [0.15, 0.2) is 90.0 Å². The first kappa shape index (κ1) is 24.1. The van der Waals surface area contributed by atoms with Crippen molar-refractivity contribution in [1.29, 1.82) is 0 Å². The van der Waals surface area contributed by atoms with Gasteiger partial charge in [0.15, 0.2) is 11.5 Å². The van der Waals surface area contributed by atoms with Crippen LogP contribution in [0.2, 0.25) is 0 Å². The number of fused-ring (bicyclic) bond motifs is 1. The molecular formula is C27H21N3O6. The molecule has 36 heavy (non-hydrogen) atoms. The van der Waals surface area contributed by atoms with E-state index in [1.54, 1.807) is 12.1 Å². The molecule has 180 valence electrons. The van der Waals surface area contributed by atoms with Gasteiger partial charge in [0.1, 0.15) is 0 Å². The van der Waals surface area contributed by atoms with Crippen LogP contribution in [0.5, 0.6) is 11.5 Å². The Morgan fingerprint density at radius 2 is 1.72 bits per heavy atom. The van der Waals surface area contributed by atoms with Crippen LogP contribution in [0.4, 0.5) is 5.69 Å². The van der Waals surface area contributed by atoms with Crippen LogP contribution in [-0.4, -0.2) is 30.1 Å². The molecule has 0 heterocycles. The molecule has 0 atom stereocenters. The number of carbonyl (C=O) groups is 2. The van der Waals surface area contributed by atoms with E-state index < -0.39 is 10.9 Å². The first-order chi connectivity index (χ1) is 17.4. The van der Waals surface area contributed by atoms with Gasteiger partial charge >= 0.3 is 5.97 Å². The lowest BCUT2D eigenvalue weighted by molar-refractivity contribution is -0.384. The van der Waals surface area contributed by atoms with Gasteiger partial charge < -0.3 is 9.47 Å². The molecule has 0 aliphatic heterocycles. The molecule has 4 aromatic rings. The number of non-ortho nitro benzene ring substituents is 1. The van der Waals surface area contributed by atoms with Crippen LogP contribution in [-0.2, 0) is 11.2 Å². The number of hydrogen-bond acceptors (Lipinski definition) is 7. The number of nitrogens with zero attached hydrogens (tertiary/aromatic N) is 2. The summed E-state index contributed by atoms with van der Waals surface area (Å²) >= 11 is 0. The van der Waals surface area contributed by atoms with E-state index in [1.807, 2.05) is 42.5 Å². The fourth-order valence-electron chi connectivity index (χ4n) is 3.56. The Labute approximate surface area is 206 Å². The summed E-state index contributed by atoms with van der Waals surface area (Å²) in [5, 5.41) is 16.9. The van der Waals surface area contributed by atoms with Gasteiger partial charge in [-0.05, 0) is 52.2 Å². The SMILES string of the molecule is COc1cc(C=NNC(=O)Cc2cccc3ccccc23)ccc1OC(=O)c1ccc([N+](=O)[O-])cc1. The van der Waals surface area contributed by atoms with Crippen LogP contribution in [0.3, 0.4) is 0 Å². The van der Waals surface area contributed by atoms with Gasteiger partial charge in [0.2, 0.25) is 5.91 Å². The number of nitro benzene ring substituents is 1. The normalized spacial score (nSPS) is 10.8. The average molecular weight is 483 g/mol. The lowest BCUT2D eigenvalue weighted by atomic mass is 10.0. The number of rotatable bonds is 8. The van der Waals surface area contributed by atoms with Gasteiger partial charge in [-0.25, -0.2) is 10.2 Å². The van der Waals surface area contributed by atoms with E-state index in [0.717, 1.165) is 16.3 Å². The number of hydrazone groups is 1. The zero-order valence-electron chi connectivity index (χ0n) is 19.2. The van der Waals surface area contributed by atoms with Crippen LogP contribution in [0, 0.1) is 10.1 Å². The van der Waals surface area contributed by atoms with E-state index >= 15 is 0 Å². The Bertz CT molecular complexity index is 1460. The van der Waals surface area contributed by atoms with E-state index in [-0.39, 0.29) is 35.1 Å². The van der Waals surface area contributed by atoms with Crippen LogP contribution >= 0.6 is 0 Å². The zero-order valence-corrected chi connectivity index (χ0v) is 19.2. The third-order valence-electron chi connectivity index (χ3n) is 5.34. The summed E-state index contributed by atoms with van der Waals surface area (Å²) in [5.41, 5.74) is 4.05. The molecule has 1 N–H and O–H groups in total. The highest BCUT2D eigenvalue weighted by Crippen LogP contribution is 2.28. The highest BCUT2D eigenvalue weighted by Gasteiger charge is 2.14. The summed E-state index contributed by atoms with van der Waals surface area (Å²) in [4.78, 5) is 35.0. The molecule has 9 heteroatoms. The first-order valence-corrected chi connectivity index (χ1v) is 10.9. The monoisotopic (exact) mass is 483 g/mol. The van der Waals surface area contributed by atoms with Crippen molar-refractivity contribution >= 4 is 34.6 Å². The number of nitrogens with one attached hydrogen (secondary N) is 1. The fraction of sp³-hybridized carbons (Fsp3) is 0.0741. The largest absolute Gasteiger partial charge is 0.493 e. The molecule has 0 spiro atoms. The minimum absolute atomic E-state index is 0.128. The number of nitro groups is 1. The molecule has 0 aliphatic carbocycles. The number of benzene rings is 4. The quantitative estimate of drug-likeness (QED) is 0.128. The Hall–Kier alpha value is -5.05. The van der Waals surface area contributed by atoms with Crippen molar-refractivity contribution in [2.24, 2.45) is 5.10 Å². The van der Waals surface area contributed by atoms with Crippen molar-refractivity contribution in [1.82, 2.24) is 5.43 Å². The van der Waals surface area contributed by atoms with Crippen LogP contribution in [0.25, 0.3) is 10.8 Å². The number of carbonyl (C=O) groups excluding carboxylic acids is 2. The maximum Gasteiger partial charge on any atom is 0.343 e. The Balaban J connectivity index is 1.39. The molecule has 1 amide bonds. The second kappa shape index (κ2) is 10.9. The van der Waals surface area contributed by atoms with Gasteiger partial charge in [-0.2, -0.15) is 5.10 Å². The molecule has 4 aromatic carbocycles. The molecule has 0 fully saturated rings. The van der Waals surface area contributed by atoms with E-state index in [1.165, 1.54) is 43.7 Å². The van der Waals surface area contributed by atoms with Crippen molar-refractivity contribution in [3.63, 3.8) is 0 Å². The molecule has 9 nitrogen and oxygen atoms in total. The highest BCUT2D eigenvalue weighted by molar-refractivity contribution is 5.92. The van der Waals surface area contributed by atoms with Gasteiger partial charge in [0.05, 0.1) is 30.2 Å².